The Morgan fingerprint density at radius 2 is 2.18 bits per heavy atom. The first kappa shape index (κ1) is 14.3. The Morgan fingerprint density at radius 3 is 2.65 bits per heavy atom. The van der Waals surface area contributed by atoms with Crippen molar-refractivity contribution in [1.82, 2.24) is 4.90 Å². The molecule has 17 heavy (non-hydrogen) atoms. The second kappa shape index (κ2) is 6.22. The molecule has 0 bridgehead atoms. The average Bonchev–Trinajstić information content (AvgIpc) is 2.78. The maximum absolute atomic E-state index is 5.95. The molecule has 0 radical (unpaired) electrons. The van der Waals surface area contributed by atoms with Crippen LogP contribution >= 0.6 is 0 Å². The molecular weight excluding hydrogens is 212 g/mol. The fourth-order valence-electron chi connectivity index (χ4n) is 1.88. The van der Waals surface area contributed by atoms with Crippen LogP contribution in [0.5, 0.6) is 0 Å². The van der Waals surface area contributed by atoms with E-state index in [1.165, 1.54) is 6.42 Å². The van der Waals surface area contributed by atoms with Gasteiger partial charge in [-0.25, -0.2) is 0 Å². The molecule has 0 saturated heterocycles. The molecule has 0 aliphatic heterocycles. The Morgan fingerprint density at radius 1 is 1.47 bits per heavy atom. The van der Waals surface area contributed by atoms with E-state index in [4.69, 9.17) is 10.2 Å². The normalized spacial score (nSPS) is 15.5. The van der Waals surface area contributed by atoms with Gasteiger partial charge in [-0.1, -0.05) is 13.8 Å². The van der Waals surface area contributed by atoms with Gasteiger partial charge in [-0.3, -0.25) is 4.90 Å². The minimum Gasteiger partial charge on any atom is -0.468 e. The van der Waals surface area contributed by atoms with E-state index in [1.54, 1.807) is 6.26 Å². The predicted octanol–water partition coefficient (Wildman–Crippen LogP) is 2.87. The van der Waals surface area contributed by atoms with Crippen LogP contribution in [-0.4, -0.2) is 24.0 Å². The van der Waals surface area contributed by atoms with Crippen molar-refractivity contribution < 1.29 is 4.42 Å². The molecule has 0 spiro atoms. The molecule has 0 saturated carbocycles. The van der Waals surface area contributed by atoms with E-state index in [-0.39, 0.29) is 5.54 Å². The zero-order valence-electron chi connectivity index (χ0n) is 11.6. The van der Waals surface area contributed by atoms with E-state index >= 15 is 0 Å². The van der Waals surface area contributed by atoms with Crippen LogP contribution in [0.15, 0.2) is 22.8 Å². The summed E-state index contributed by atoms with van der Waals surface area (Å²) in [5, 5.41) is 0. The Balaban J connectivity index is 2.58. The zero-order valence-corrected chi connectivity index (χ0v) is 11.6. The quantitative estimate of drug-likeness (QED) is 0.794. The van der Waals surface area contributed by atoms with Crippen molar-refractivity contribution in [3.63, 3.8) is 0 Å². The Labute approximate surface area is 105 Å². The van der Waals surface area contributed by atoms with Gasteiger partial charge >= 0.3 is 0 Å². The molecule has 3 nitrogen and oxygen atoms in total. The van der Waals surface area contributed by atoms with Crippen molar-refractivity contribution in [2.24, 2.45) is 11.7 Å². The number of furan rings is 1. The standard InChI is InChI=1S/C14H26N2O/c1-12(2)7-8-14(3,11-15)16(4)10-13-6-5-9-17-13/h5-6,9,12H,7-8,10-11,15H2,1-4H3. The molecule has 1 aromatic rings. The van der Waals surface area contributed by atoms with Gasteiger partial charge in [0.25, 0.3) is 0 Å². The smallest absolute Gasteiger partial charge is 0.117 e. The van der Waals surface area contributed by atoms with Gasteiger partial charge in [0.15, 0.2) is 0 Å². The summed E-state index contributed by atoms with van der Waals surface area (Å²) in [6.45, 7) is 8.24. The number of hydrogen-bond donors (Lipinski definition) is 1. The zero-order chi connectivity index (χ0) is 12.9. The molecule has 1 rings (SSSR count). The minimum absolute atomic E-state index is 0.0526. The van der Waals surface area contributed by atoms with Gasteiger partial charge in [-0.15, -0.1) is 0 Å². The lowest BCUT2D eigenvalue weighted by Gasteiger charge is -2.38. The van der Waals surface area contributed by atoms with Gasteiger partial charge in [-0.2, -0.15) is 0 Å². The lowest BCUT2D eigenvalue weighted by atomic mass is 9.90. The van der Waals surface area contributed by atoms with Gasteiger partial charge in [0.2, 0.25) is 0 Å². The maximum atomic E-state index is 5.95. The molecule has 0 fully saturated rings. The summed E-state index contributed by atoms with van der Waals surface area (Å²) >= 11 is 0. The highest BCUT2D eigenvalue weighted by Gasteiger charge is 2.28. The van der Waals surface area contributed by atoms with E-state index in [9.17, 15) is 0 Å². The highest BCUT2D eigenvalue weighted by Crippen LogP contribution is 2.23. The third kappa shape index (κ3) is 4.17. The Kier molecular flexibility index (Phi) is 5.22. The van der Waals surface area contributed by atoms with E-state index in [0.29, 0.717) is 6.54 Å². The summed E-state index contributed by atoms with van der Waals surface area (Å²) in [5.41, 5.74) is 6.00. The molecule has 1 heterocycles. The average molecular weight is 238 g/mol. The van der Waals surface area contributed by atoms with E-state index in [0.717, 1.165) is 24.6 Å². The lowest BCUT2D eigenvalue weighted by Crippen LogP contribution is -2.49. The van der Waals surface area contributed by atoms with Crippen LogP contribution in [-0.2, 0) is 6.54 Å². The van der Waals surface area contributed by atoms with E-state index in [2.05, 4.69) is 32.7 Å². The first-order valence-electron chi connectivity index (χ1n) is 6.41. The summed E-state index contributed by atoms with van der Waals surface area (Å²) in [4.78, 5) is 2.30. The van der Waals surface area contributed by atoms with Gasteiger partial charge in [0, 0.05) is 12.1 Å². The molecule has 2 N–H and O–H groups in total. The van der Waals surface area contributed by atoms with Gasteiger partial charge in [0.05, 0.1) is 12.8 Å². The molecule has 1 atom stereocenters. The number of nitrogens with zero attached hydrogens (tertiary/aromatic N) is 1. The van der Waals surface area contributed by atoms with Crippen LogP contribution in [0.2, 0.25) is 0 Å². The summed E-state index contributed by atoms with van der Waals surface area (Å²) in [6.07, 6.45) is 4.05. The minimum atomic E-state index is 0.0526. The third-order valence-corrected chi connectivity index (χ3v) is 3.59. The van der Waals surface area contributed by atoms with Crippen LogP contribution in [0, 0.1) is 5.92 Å². The molecule has 3 heteroatoms. The van der Waals surface area contributed by atoms with Crippen molar-refractivity contribution >= 4 is 0 Å². The van der Waals surface area contributed by atoms with Gasteiger partial charge < -0.3 is 10.2 Å². The molecule has 0 aliphatic carbocycles. The van der Waals surface area contributed by atoms with E-state index in [1.807, 2.05) is 12.1 Å². The molecule has 0 amide bonds. The van der Waals surface area contributed by atoms with Crippen molar-refractivity contribution in [3.8, 4) is 0 Å². The number of nitrogens with two attached hydrogens (primary N) is 1. The summed E-state index contributed by atoms with van der Waals surface area (Å²) in [5.74, 6) is 1.72. The summed E-state index contributed by atoms with van der Waals surface area (Å²) in [7, 11) is 2.12. The predicted molar refractivity (Wildman–Crippen MR) is 71.7 cm³/mol. The highest BCUT2D eigenvalue weighted by atomic mass is 16.3. The third-order valence-electron chi connectivity index (χ3n) is 3.59. The second-order valence-corrected chi connectivity index (χ2v) is 5.57. The molecule has 1 unspecified atom stereocenters. The molecule has 0 aliphatic rings. The van der Waals surface area contributed by atoms with Gasteiger partial charge in [0.1, 0.15) is 5.76 Å². The number of likely N-dealkylation sites (N-methyl/N-ethyl adjacent to an activating group) is 1. The lowest BCUT2D eigenvalue weighted by molar-refractivity contribution is 0.111. The van der Waals surface area contributed by atoms with Crippen LogP contribution in [0.3, 0.4) is 0 Å². The number of hydrogen-bond acceptors (Lipinski definition) is 3. The van der Waals surface area contributed by atoms with Gasteiger partial charge in [-0.05, 0) is 44.9 Å². The topological polar surface area (TPSA) is 42.4 Å². The first-order valence-corrected chi connectivity index (χ1v) is 6.41. The summed E-state index contributed by atoms with van der Waals surface area (Å²) < 4.78 is 5.39. The fraction of sp³-hybridized carbons (Fsp3) is 0.714. The largest absolute Gasteiger partial charge is 0.468 e. The maximum Gasteiger partial charge on any atom is 0.117 e. The van der Waals surface area contributed by atoms with Crippen LogP contribution < -0.4 is 5.73 Å². The molecule has 1 aromatic heterocycles. The molecule has 0 aromatic carbocycles. The SMILES string of the molecule is CC(C)CCC(C)(CN)N(C)Cc1ccco1. The van der Waals surface area contributed by atoms with E-state index < -0.39 is 0 Å². The van der Waals surface area contributed by atoms with Crippen LogP contribution in [0.25, 0.3) is 0 Å². The second-order valence-electron chi connectivity index (χ2n) is 5.57. The highest BCUT2D eigenvalue weighted by molar-refractivity contribution is 4.99. The van der Waals surface area contributed by atoms with Crippen molar-refractivity contribution in [2.45, 2.75) is 45.7 Å². The van der Waals surface area contributed by atoms with Crippen molar-refractivity contribution in [1.29, 1.82) is 0 Å². The summed E-state index contributed by atoms with van der Waals surface area (Å²) in [6, 6.07) is 3.94. The monoisotopic (exact) mass is 238 g/mol. The van der Waals surface area contributed by atoms with Crippen LogP contribution in [0.1, 0.15) is 39.4 Å². The van der Waals surface area contributed by atoms with Crippen LogP contribution in [0.4, 0.5) is 0 Å². The molecule has 98 valence electrons. The van der Waals surface area contributed by atoms with Crippen molar-refractivity contribution in [2.75, 3.05) is 13.6 Å². The Hall–Kier alpha value is -0.800. The Bertz CT molecular complexity index is 308. The fourth-order valence-corrected chi connectivity index (χ4v) is 1.88. The first-order chi connectivity index (χ1) is 7.98. The number of rotatable bonds is 7. The molecular formula is C14H26N2O. The van der Waals surface area contributed by atoms with Crippen molar-refractivity contribution in [3.05, 3.63) is 24.2 Å².